The second-order valence-corrected chi connectivity index (χ2v) is 9.52. The minimum Gasteiger partial charge on any atom is -0.394 e. The second kappa shape index (κ2) is 14.1. The normalized spacial score (nSPS) is 40.0. The Bertz CT molecular complexity index is 635. The van der Waals surface area contributed by atoms with E-state index in [4.69, 9.17) is 18.9 Å². The molecule has 2 aliphatic heterocycles. The van der Waals surface area contributed by atoms with Gasteiger partial charge in [-0.15, -0.1) is 0 Å². The predicted molar refractivity (Wildman–Crippen MR) is 122 cm³/mol. The topological polar surface area (TPSA) is 187 Å². The van der Waals surface area contributed by atoms with E-state index in [0.717, 1.165) is 32.1 Å². The van der Waals surface area contributed by atoms with Crippen LogP contribution in [0.2, 0.25) is 0 Å². The molecule has 0 aromatic rings. The van der Waals surface area contributed by atoms with Gasteiger partial charge in [0.25, 0.3) is 0 Å². The first kappa shape index (κ1) is 30.3. The molecule has 2 rings (SSSR count). The fourth-order valence-corrected chi connectivity index (χ4v) is 4.49. The first-order chi connectivity index (χ1) is 16.6. The summed E-state index contributed by atoms with van der Waals surface area (Å²) in [5.41, 5.74) is -1.87. The molecule has 206 valence electrons. The number of amides is 1. The smallest absolute Gasteiger partial charge is 0.217 e. The van der Waals surface area contributed by atoms with Crippen LogP contribution in [0.3, 0.4) is 0 Å². The molecule has 12 nitrogen and oxygen atoms in total. The maximum Gasteiger partial charge on any atom is 0.217 e. The van der Waals surface area contributed by atoms with E-state index in [1.165, 1.54) is 20.3 Å². The molecule has 0 aromatic heterocycles. The number of hydrogen-bond donors (Lipinski definition) is 7. The average molecular weight is 510 g/mol. The molecule has 2 heterocycles. The molecule has 2 fully saturated rings. The highest BCUT2D eigenvalue weighted by Gasteiger charge is 2.57. The minimum atomic E-state index is -1.87. The van der Waals surface area contributed by atoms with Crippen LogP contribution in [0.25, 0.3) is 0 Å². The highest BCUT2D eigenvalue weighted by molar-refractivity contribution is 5.73. The van der Waals surface area contributed by atoms with E-state index < -0.39 is 80.0 Å². The molecule has 10 atom stereocenters. The maximum absolute atomic E-state index is 11.9. The fourth-order valence-electron chi connectivity index (χ4n) is 4.49. The molecule has 0 bridgehead atoms. The number of rotatable bonds is 13. The molecule has 12 heteroatoms. The molecule has 0 unspecified atom stereocenters. The zero-order chi connectivity index (χ0) is 26.2. The van der Waals surface area contributed by atoms with E-state index in [-0.39, 0.29) is 0 Å². The molecule has 35 heavy (non-hydrogen) atoms. The van der Waals surface area contributed by atoms with E-state index in [1.807, 2.05) is 0 Å². The van der Waals surface area contributed by atoms with Crippen molar-refractivity contribution in [2.45, 2.75) is 120 Å². The number of nitrogens with one attached hydrogen (secondary N) is 1. The van der Waals surface area contributed by atoms with Crippen molar-refractivity contribution in [3.05, 3.63) is 0 Å². The lowest BCUT2D eigenvalue weighted by Crippen LogP contribution is -2.72. The molecule has 7 N–H and O–H groups in total. The zero-order valence-corrected chi connectivity index (χ0v) is 20.8. The van der Waals surface area contributed by atoms with E-state index in [0.29, 0.717) is 6.61 Å². The fraction of sp³-hybridized carbons (Fsp3) is 0.957. The first-order valence-electron chi connectivity index (χ1n) is 12.4. The number of carbonyl (C=O) groups excluding carboxylic acids is 1. The van der Waals surface area contributed by atoms with Crippen molar-refractivity contribution < 1.29 is 54.4 Å². The number of carbonyl (C=O) groups is 1. The van der Waals surface area contributed by atoms with Gasteiger partial charge in [0.15, 0.2) is 12.6 Å². The lowest BCUT2D eigenvalue weighted by Gasteiger charge is -2.51. The third-order valence-electron chi connectivity index (χ3n) is 6.57. The van der Waals surface area contributed by atoms with Crippen LogP contribution in [0.5, 0.6) is 0 Å². The Hall–Kier alpha value is -0.930. The van der Waals surface area contributed by atoms with Crippen molar-refractivity contribution in [3.8, 4) is 0 Å². The lowest BCUT2D eigenvalue weighted by atomic mass is 9.83. The Kier molecular flexibility index (Phi) is 12.2. The van der Waals surface area contributed by atoms with E-state index in [2.05, 4.69) is 12.2 Å². The van der Waals surface area contributed by atoms with Crippen LogP contribution in [-0.4, -0.2) is 117 Å². The lowest BCUT2D eigenvalue weighted by molar-refractivity contribution is -0.362. The van der Waals surface area contributed by atoms with Crippen molar-refractivity contribution in [1.29, 1.82) is 0 Å². The molecule has 0 saturated carbocycles. The quantitative estimate of drug-likeness (QED) is 0.144. The van der Waals surface area contributed by atoms with Gasteiger partial charge in [-0.3, -0.25) is 4.79 Å². The van der Waals surface area contributed by atoms with Crippen LogP contribution in [0.4, 0.5) is 0 Å². The number of aliphatic hydroxyl groups is 6. The molecular weight excluding hydrogens is 466 g/mol. The van der Waals surface area contributed by atoms with Gasteiger partial charge in [-0.1, -0.05) is 39.0 Å². The summed E-state index contributed by atoms with van der Waals surface area (Å²) >= 11 is 0. The molecule has 2 saturated heterocycles. The van der Waals surface area contributed by atoms with Crippen molar-refractivity contribution in [1.82, 2.24) is 5.32 Å². The highest BCUT2D eigenvalue weighted by Crippen LogP contribution is 2.35. The van der Waals surface area contributed by atoms with Gasteiger partial charge in [0.05, 0.1) is 13.2 Å². The Morgan fingerprint density at radius 1 is 0.914 bits per heavy atom. The van der Waals surface area contributed by atoms with Gasteiger partial charge in [0.1, 0.15) is 48.3 Å². The maximum atomic E-state index is 11.9. The SMILES string of the molecule is CCCCCCCCO[C@@H]1O[C@H](CO)[C@@H](O[C@@H]2O[C@H](CO)[C@H](O)[C@H](O)[C@H]2O)[C@](C)(O)[C@H]1NC(C)=O. The minimum absolute atomic E-state index is 0.319. The summed E-state index contributed by atoms with van der Waals surface area (Å²) in [7, 11) is 0. The van der Waals surface area contributed by atoms with E-state index in [9.17, 15) is 35.4 Å². The first-order valence-corrected chi connectivity index (χ1v) is 12.4. The zero-order valence-electron chi connectivity index (χ0n) is 20.8. The third-order valence-corrected chi connectivity index (χ3v) is 6.57. The van der Waals surface area contributed by atoms with Gasteiger partial charge in [-0.25, -0.2) is 0 Å². The van der Waals surface area contributed by atoms with Crippen LogP contribution >= 0.6 is 0 Å². The van der Waals surface area contributed by atoms with Gasteiger partial charge < -0.3 is 54.9 Å². The van der Waals surface area contributed by atoms with Gasteiger partial charge in [-0.05, 0) is 13.3 Å². The van der Waals surface area contributed by atoms with Gasteiger partial charge in [0, 0.05) is 13.5 Å². The standard InChI is InChI=1S/C23H43NO11/c1-4-5-6-7-8-9-10-32-22-19(24-13(2)27)23(3,31)20(15(12-26)34-22)35-21-18(30)17(29)16(28)14(11-25)33-21/h14-22,25-26,28-31H,4-12H2,1-3H3,(H,24,27)/t14-,15-,16+,17+,18-,19+,20-,21+,22-,23-/m1/s1. The number of ether oxygens (including phenoxy) is 4. The highest BCUT2D eigenvalue weighted by atomic mass is 16.7. The number of unbranched alkanes of at least 4 members (excludes halogenated alkanes) is 5. The van der Waals surface area contributed by atoms with E-state index in [1.54, 1.807) is 0 Å². The summed E-state index contributed by atoms with van der Waals surface area (Å²) in [5, 5.41) is 63.9. The summed E-state index contributed by atoms with van der Waals surface area (Å²) in [6.45, 7) is 3.85. The van der Waals surface area contributed by atoms with Crippen LogP contribution in [-0.2, 0) is 23.7 Å². The predicted octanol–water partition coefficient (Wildman–Crippen LogP) is -1.48. The molecule has 1 amide bonds. The molecular formula is C23H43NO11. The van der Waals surface area contributed by atoms with Crippen molar-refractivity contribution in [3.63, 3.8) is 0 Å². The number of aliphatic hydroxyl groups excluding tert-OH is 5. The largest absolute Gasteiger partial charge is 0.394 e. The van der Waals surface area contributed by atoms with Crippen molar-refractivity contribution >= 4 is 5.91 Å². The molecule has 0 aromatic carbocycles. The second-order valence-electron chi connectivity index (χ2n) is 9.52. The Morgan fingerprint density at radius 3 is 2.11 bits per heavy atom. The molecule has 2 aliphatic rings. The third kappa shape index (κ3) is 7.78. The van der Waals surface area contributed by atoms with E-state index >= 15 is 0 Å². The molecule has 0 aliphatic carbocycles. The molecule has 0 radical (unpaired) electrons. The summed E-state index contributed by atoms with van der Waals surface area (Å²) < 4.78 is 22.8. The van der Waals surface area contributed by atoms with Gasteiger partial charge >= 0.3 is 0 Å². The Balaban J connectivity index is 2.13. The summed E-state index contributed by atoms with van der Waals surface area (Å²) in [6, 6.07) is -1.10. The van der Waals surface area contributed by atoms with Crippen molar-refractivity contribution in [2.75, 3.05) is 19.8 Å². The summed E-state index contributed by atoms with van der Waals surface area (Å²) in [4.78, 5) is 11.9. The summed E-state index contributed by atoms with van der Waals surface area (Å²) in [6.07, 6.45) is -5.11. The average Bonchev–Trinajstić information content (AvgIpc) is 2.81. The monoisotopic (exact) mass is 509 g/mol. The van der Waals surface area contributed by atoms with Crippen molar-refractivity contribution in [2.24, 2.45) is 0 Å². The van der Waals surface area contributed by atoms with Crippen LogP contribution in [0.1, 0.15) is 59.3 Å². The van der Waals surface area contributed by atoms with Gasteiger partial charge in [0.2, 0.25) is 5.91 Å². The van der Waals surface area contributed by atoms with Gasteiger partial charge in [-0.2, -0.15) is 0 Å². The van der Waals surface area contributed by atoms with Crippen LogP contribution in [0, 0.1) is 0 Å². The van der Waals surface area contributed by atoms with Crippen LogP contribution < -0.4 is 5.32 Å². The molecule has 0 spiro atoms. The Labute approximate surface area is 206 Å². The Morgan fingerprint density at radius 2 is 1.51 bits per heavy atom. The van der Waals surface area contributed by atoms with Crippen LogP contribution in [0.15, 0.2) is 0 Å². The number of hydrogen-bond acceptors (Lipinski definition) is 11. The summed E-state index contributed by atoms with van der Waals surface area (Å²) in [5.74, 6) is -0.457.